The van der Waals surface area contributed by atoms with E-state index in [0.717, 1.165) is 17.7 Å². The van der Waals surface area contributed by atoms with Gasteiger partial charge in [-0.15, -0.1) is 0 Å². The summed E-state index contributed by atoms with van der Waals surface area (Å²) in [5.41, 5.74) is 0.297. The van der Waals surface area contributed by atoms with Crippen LogP contribution in [-0.2, 0) is 16.1 Å². The highest BCUT2D eigenvalue weighted by Gasteiger charge is 2.15. The number of hydrogen-bond acceptors (Lipinski definition) is 5. The molecule has 2 rings (SSSR count). The van der Waals surface area contributed by atoms with Crippen LogP contribution in [0.5, 0.6) is 11.5 Å². The van der Waals surface area contributed by atoms with Crippen molar-refractivity contribution in [2.24, 2.45) is 0 Å². The number of carbonyl (C=O) groups excluding carboxylic acids is 2. The van der Waals surface area contributed by atoms with E-state index in [4.69, 9.17) is 14.2 Å². The van der Waals surface area contributed by atoms with Gasteiger partial charge in [0.2, 0.25) is 0 Å². The molecule has 0 heterocycles. The standard InChI is InChI=1S/C18H17F2NO5/c1-24-15-6-3-11(7-16(15)25-2)9-21-17(22)10-26-18(23)13-5-4-12(19)8-14(13)20/h3-8H,9-10H2,1-2H3,(H,21,22). The van der Waals surface area contributed by atoms with Gasteiger partial charge in [0, 0.05) is 12.6 Å². The van der Waals surface area contributed by atoms with Gasteiger partial charge in [-0.25, -0.2) is 13.6 Å². The summed E-state index contributed by atoms with van der Waals surface area (Å²) in [7, 11) is 3.01. The lowest BCUT2D eigenvalue weighted by atomic mass is 10.2. The Balaban J connectivity index is 1.86. The zero-order valence-corrected chi connectivity index (χ0v) is 14.2. The fourth-order valence-corrected chi connectivity index (χ4v) is 2.11. The Labute approximate surface area is 148 Å². The minimum absolute atomic E-state index is 0.168. The van der Waals surface area contributed by atoms with Crippen LogP contribution in [0.25, 0.3) is 0 Å². The molecule has 0 aromatic heterocycles. The molecule has 2 aromatic carbocycles. The second kappa shape index (κ2) is 8.80. The first-order valence-electron chi connectivity index (χ1n) is 7.54. The number of halogens is 2. The van der Waals surface area contributed by atoms with Gasteiger partial charge in [0.1, 0.15) is 11.6 Å². The average molecular weight is 365 g/mol. The SMILES string of the molecule is COc1ccc(CNC(=O)COC(=O)c2ccc(F)cc2F)cc1OC. The number of esters is 1. The van der Waals surface area contributed by atoms with E-state index in [-0.39, 0.29) is 6.54 Å². The molecule has 0 atom stereocenters. The number of ether oxygens (including phenoxy) is 3. The Bertz CT molecular complexity index is 810. The molecule has 0 spiro atoms. The normalized spacial score (nSPS) is 10.2. The molecule has 6 nitrogen and oxygen atoms in total. The van der Waals surface area contributed by atoms with Crippen LogP contribution in [0.4, 0.5) is 8.78 Å². The van der Waals surface area contributed by atoms with Crippen molar-refractivity contribution in [1.82, 2.24) is 5.32 Å². The molecule has 138 valence electrons. The molecule has 0 aliphatic heterocycles. The van der Waals surface area contributed by atoms with Crippen LogP contribution in [0.1, 0.15) is 15.9 Å². The lowest BCUT2D eigenvalue weighted by Gasteiger charge is -2.10. The molecule has 0 fully saturated rings. The zero-order valence-electron chi connectivity index (χ0n) is 14.2. The molecule has 0 saturated heterocycles. The Morgan fingerprint density at radius 3 is 2.38 bits per heavy atom. The largest absolute Gasteiger partial charge is 0.493 e. The van der Waals surface area contributed by atoms with Gasteiger partial charge >= 0.3 is 5.97 Å². The summed E-state index contributed by atoms with van der Waals surface area (Å²) in [6, 6.07) is 7.57. The summed E-state index contributed by atoms with van der Waals surface area (Å²) < 4.78 is 41.3. The fraction of sp³-hybridized carbons (Fsp3) is 0.222. The first kappa shape index (κ1) is 19.2. The third-order valence-electron chi connectivity index (χ3n) is 3.42. The predicted octanol–water partition coefficient (Wildman–Crippen LogP) is 2.46. The van der Waals surface area contributed by atoms with Crippen molar-refractivity contribution in [3.63, 3.8) is 0 Å². The van der Waals surface area contributed by atoms with Crippen LogP contribution in [0.15, 0.2) is 36.4 Å². The second-order valence-corrected chi connectivity index (χ2v) is 5.17. The Kier molecular flexibility index (Phi) is 6.48. The van der Waals surface area contributed by atoms with Gasteiger partial charge in [0.15, 0.2) is 18.1 Å². The molecule has 0 unspecified atom stereocenters. The third-order valence-corrected chi connectivity index (χ3v) is 3.42. The number of amides is 1. The zero-order chi connectivity index (χ0) is 19.1. The van der Waals surface area contributed by atoms with Crippen molar-refractivity contribution in [2.45, 2.75) is 6.54 Å². The van der Waals surface area contributed by atoms with E-state index in [2.05, 4.69) is 5.32 Å². The molecule has 2 aromatic rings. The number of nitrogens with one attached hydrogen (secondary N) is 1. The van der Waals surface area contributed by atoms with Gasteiger partial charge < -0.3 is 19.5 Å². The minimum Gasteiger partial charge on any atom is -0.493 e. The number of carbonyl (C=O) groups is 2. The van der Waals surface area contributed by atoms with Gasteiger partial charge in [-0.2, -0.15) is 0 Å². The van der Waals surface area contributed by atoms with Gasteiger partial charge in [-0.1, -0.05) is 6.07 Å². The summed E-state index contributed by atoms with van der Waals surface area (Å²) in [5, 5.41) is 2.55. The summed E-state index contributed by atoms with van der Waals surface area (Å²) in [5.74, 6) is -2.43. The van der Waals surface area contributed by atoms with Gasteiger partial charge in [0.05, 0.1) is 19.8 Å². The molecule has 8 heteroatoms. The average Bonchev–Trinajstić information content (AvgIpc) is 2.64. The topological polar surface area (TPSA) is 73.9 Å². The molecule has 0 radical (unpaired) electrons. The summed E-state index contributed by atoms with van der Waals surface area (Å²) in [6.07, 6.45) is 0. The predicted molar refractivity (Wildman–Crippen MR) is 88.0 cm³/mol. The molecule has 1 amide bonds. The van der Waals surface area contributed by atoms with Gasteiger partial charge in [-0.05, 0) is 29.8 Å². The quantitative estimate of drug-likeness (QED) is 0.763. The summed E-state index contributed by atoms with van der Waals surface area (Å²) in [6.45, 7) is -0.426. The molecule has 0 bridgehead atoms. The second-order valence-electron chi connectivity index (χ2n) is 5.17. The van der Waals surface area contributed by atoms with Crippen LogP contribution >= 0.6 is 0 Å². The lowest BCUT2D eigenvalue weighted by molar-refractivity contribution is -0.124. The minimum atomic E-state index is -1.05. The third kappa shape index (κ3) is 4.92. The first-order valence-corrected chi connectivity index (χ1v) is 7.54. The van der Waals surface area contributed by atoms with Crippen molar-refractivity contribution in [3.8, 4) is 11.5 Å². The maximum Gasteiger partial charge on any atom is 0.341 e. The number of benzene rings is 2. The Hall–Kier alpha value is -3.16. The van der Waals surface area contributed by atoms with Crippen molar-refractivity contribution in [3.05, 3.63) is 59.2 Å². The van der Waals surface area contributed by atoms with Gasteiger partial charge in [0.25, 0.3) is 5.91 Å². The molecule has 1 N–H and O–H groups in total. The van der Waals surface area contributed by atoms with E-state index in [1.807, 2.05) is 0 Å². The van der Waals surface area contributed by atoms with E-state index in [9.17, 15) is 18.4 Å². The van der Waals surface area contributed by atoms with Crippen LogP contribution < -0.4 is 14.8 Å². The molecule has 0 aliphatic carbocycles. The van der Waals surface area contributed by atoms with Gasteiger partial charge in [-0.3, -0.25) is 4.79 Å². The molecule has 0 saturated carbocycles. The highest BCUT2D eigenvalue weighted by atomic mass is 19.1. The Morgan fingerprint density at radius 1 is 1.00 bits per heavy atom. The summed E-state index contributed by atoms with van der Waals surface area (Å²) >= 11 is 0. The fourth-order valence-electron chi connectivity index (χ4n) is 2.11. The molecular weight excluding hydrogens is 348 g/mol. The smallest absolute Gasteiger partial charge is 0.341 e. The monoisotopic (exact) mass is 365 g/mol. The first-order chi connectivity index (χ1) is 12.4. The number of methoxy groups -OCH3 is 2. The molecule has 0 aliphatic rings. The Morgan fingerprint density at radius 2 is 1.73 bits per heavy atom. The highest BCUT2D eigenvalue weighted by Crippen LogP contribution is 2.27. The van der Waals surface area contributed by atoms with Crippen LogP contribution in [0.2, 0.25) is 0 Å². The van der Waals surface area contributed by atoms with Crippen molar-refractivity contribution >= 4 is 11.9 Å². The van der Waals surface area contributed by atoms with E-state index in [0.29, 0.717) is 17.6 Å². The molecular formula is C18H17F2NO5. The van der Waals surface area contributed by atoms with E-state index < -0.39 is 35.7 Å². The highest BCUT2D eigenvalue weighted by molar-refractivity contribution is 5.91. The maximum atomic E-state index is 13.5. The number of hydrogen-bond donors (Lipinski definition) is 1. The molecule has 26 heavy (non-hydrogen) atoms. The van der Waals surface area contributed by atoms with E-state index >= 15 is 0 Å². The van der Waals surface area contributed by atoms with E-state index in [1.165, 1.54) is 14.2 Å². The van der Waals surface area contributed by atoms with E-state index in [1.54, 1.807) is 18.2 Å². The summed E-state index contributed by atoms with van der Waals surface area (Å²) in [4.78, 5) is 23.5. The maximum absolute atomic E-state index is 13.5. The number of rotatable bonds is 7. The van der Waals surface area contributed by atoms with Crippen molar-refractivity contribution in [1.29, 1.82) is 0 Å². The van der Waals surface area contributed by atoms with Crippen LogP contribution in [0.3, 0.4) is 0 Å². The van der Waals surface area contributed by atoms with Crippen LogP contribution in [-0.4, -0.2) is 32.7 Å². The lowest BCUT2D eigenvalue weighted by Crippen LogP contribution is -2.28. The van der Waals surface area contributed by atoms with Crippen molar-refractivity contribution in [2.75, 3.05) is 20.8 Å². The van der Waals surface area contributed by atoms with Crippen molar-refractivity contribution < 1.29 is 32.6 Å². The van der Waals surface area contributed by atoms with Crippen LogP contribution in [0, 0.1) is 11.6 Å².